The molecule has 11 aliphatic rings. The first-order chi connectivity index (χ1) is 44.5. The summed E-state index contributed by atoms with van der Waals surface area (Å²) in [6.07, 6.45) is -38.5. The number of fused-ring (bicyclic) bond motifs is 7. The third-order valence-electron chi connectivity index (χ3n) is 25.2. The van der Waals surface area contributed by atoms with Crippen molar-refractivity contribution in [3.05, 3.63) is 11.6 Å². The molecule has 546 valence electrons. The van der Waals surface area contributed by atoms with Gasteiger partial charge in [-0.15, -0.1) is 0 Å². The van der Waals surface area contributed by atoms with Crippen LogP contribution in [0.4, 0.5) is 0 Å². The monoisotopic (exact) mass is 1370 g/mol. The second kappa shape index (κ2) is 27.7. The van der Waals surface area contributed by atoms with E-state index in [1.54, 1.807) is 0 Å². The topological polar surface area (TPSA) is 472 Å². The summed E-state index contributed by atoms with van der Waals surface area (Å²) in [6.45, 7) is 16.2. The Morgan fingerprint density at radius 1 is 0.495 bits per heavy atom. The van der Waals surface area contributed by atoms with E-state index in [9.17, 15) is 86.8 Å². The van der Waals surface area contributed by atoms with Crippen LogP contribution in [0.25, 0.3) is 0 Å². The Bertz CT molecular complexity index is 2670. The van der Waals surface area contributed by atoms with Crippen LogP contribution >= 0.6 is 0 Å². The van der Waals surface area contributed by atoms with Crippen molar-refractivity contribution in [1.82, 2.24) is 0 Å². The van der Waals surface area contributed by atoms with Crippen molar-refractivity contribution in [3.63, 3.8) is 0 Å². The molecule has 6 aliphatic heterocycles. The Labute approximate surface area is 551 Å². The fourth-order valence-electron chi connectivity index (χ4n) is 19.0. The summed E-state index contributed by atoms with van der Waals surface area (Å²) in [4.78, 5) is 15.3. The Balaban J connectivity index is 0.762. The van der Waals surface area contributed by atoms with Crippen LogP contribution in [-0.2, 0) is 61.6 Å². The molecule has 17 N–H and O–H groups in total. The lowest BCUT2D eigenvalue weighted by Crippen LogP contribution is -2.66. The van der Waals surface area contributed by atoms with Gasteiger partial charge in [-0.2, -0.15) is 0 Å². The Hall–Kier alpha value is -1.91. The van der Waals surface area contributed by atoms with Crippen LogP contribution in [0.15, 0.2) is 11.6 Å². The zero-order valence-electron chi connectivity index (χ0n) is 55.4. The Morgan fingerprint density at radius 2 is 1.04 bits per heavy atom. The third kappa shape index (κ3) is 12.9. The molecule has 0 spiro atoms. The first kappa shape index (κ1) is 74.3. The lowest BCUT2D eigenvalue weighted by atomic mass is 9.33. The first-order valence-electron chi connectivity index (χ1n) is 34.0. The first-order valence-corrected chi connectivity index (χ1v) is 34.0. The number of hydrogen-bond acceptors (Lipinski definition) is 30. The van der Waals surface area contributed by atoms with Crippen LogP contribution in [0.2, 0.25) is 0 Å². The van der Waals surface area contributed by atoms with Crippen LogP contribution in [0.1, 0.15) is 127 Å². The number of carbonyl (C=O) groups is 1. The van der Waals surface area contributed by atoms with Crippen LogP contribution in [0.5, 0.6) is 0 Å². The lowest BCUT2D eigenvalue weighted by Gasteiger charge is -2.71. The van der Waals surface area contributed by atoms with Gasteiger partial charge in [0.2, 0.25) is 6.29 Å². The van der Waals surface area contributed by atoms with Gasteiger partial charge in [-0.25, -0.2) is 0 Å². The molecule has 11 rings (SSSR count). The number of hydrogen-bond donors (Lipinski definition) is 17. The van der Waals surface area contributed by atoms with Crippen LogP contribution in [0.3, 0.4) is 0 Å². The molecule has 0 radical (unpaired) electrons. The fraction of sp³-hybridized carbons (Fsp3) is 0.954. The molecule has 95 heavy (non-hydrogen) atoms. The van der Waals surface area contributed by atoms with E-state index in [-0.39, 0.29) is 40.6 Å². The molecular weight excluding hydrogens is 1260 g/mol. The van der Waals surface area contributed by atoms with Gasteiger partial charge in [-0.05, 0) is 123 Å². The molecule has 30 nitrogen and oxygen atoms in total. The maximum atomic E-state index is 15.3. The second-order valence-corrected chi connectivity index (χ2v) is 31.4. The maximum absolute atomic E-state index is 15.3. The number of carbonyl (C=O) groups excluding carboxylic acids is 1. The normalized spacial score (nSPS) is 54.6. The number of aliphatic hydroxyl groups excluding tert-OH is 17. The minimum Gasteiger partial charge on any atom is -0.432 e. The standard InChI is InChI=1S/C65H106O30/c1-25-36(69)41(74)45(78)54(86-25)92-50-31(22-67)89-53(48(81)44(50)77)85-24-32-40(73)43(76)47(80)56(90-32)95-59(83)65-18-16-60(3,4)20-28(65)27-10-11-34-62(7)14-13-35(61(5,6)33(62)12-15-64(34,9)63(27,8)17-19-65)91-58-52(38(71)29(68)23-84-58)94-57-49(82)51(37(70)26(2)87-57)93-55-46(79)42(75)39(72)30(21-66)88-55/h10,25-26,28-58,66-82H,11-24H2,1-9H3/t25-,26-,28+,29-,30+,31+,32+,33?,34+,35-,36-,37-,38-,39+,40+,41+,42-,43-,44+,45+,46+,47+,48+,49+,50+,51+,52+,53+,54-,55-,56-,57-,58-,62-,63+,64+,65-/m0/s1. The van der Waals surface area contributed by atoms with Crippen LogP contribution < -0.4 is 0 Å². The van der Waals surface area contributed by atoms with Gasteiger partial charge in [-0.3, -0.25) is 4.79 Å². The number of aliphatic hydroxyl groups is 17. The van der Waals surface area contributed by atoms with E-state index in [1.807, 2.05) is 0 Å². The minimum atomic E-state index is -1.91. The van der Waals surface area contributed by atoms with Gasteiger partial charge in [0.1, 0.15) is 128 Å². The van der Waals surface area contributed by atoms with Crippen molar-refractivity contribution in [2.24, 2.45) is 50.2 Å². The van der Waals surface area contributed by atoms with Crippen LogP contribution in [-0.4, -0.2) is 303 Å². The average Bonchev–Trinajstić information content (AvgIpc) is 0.673. The van der Waals surface area contributed by atoms with E-state index < -0.39 is 226 Å². The van der Waals surface area contributed by atoms with Gasteiger partial charge < -0.3 is 144 Å². The summed E-state index contributed by atoms with van der Waals surface area (Å²) in [5, 5.41) is 184. The summed E-state index contributed by atoms with van der Waals surface area (Å²) < 4.78 is 71.6. The molecule has 4 saturated carbocycles. The second-order valence-electron chi connectivity index (χ2n) is 31.4. The lowest BCUT2D eigenvalue weighted by molar-refractivity contribution is -0.382. The summed E-state index contributed by atoms with van der Waals surface area (Å²) in [6, 6.07) is 0. The molecule has 6 saturated heterocycles. The van der Waals surface area contributed by atoms with E-state index in [0.29, 0.717) is 44.9 Å². The largest absolute Gasteiger partial charge is 0.432 e. The molecule has 0 amide bonds. The zero-order valence-corrected chi connectivity index (χ0v) is 55.4. The molecular formula is C65H106O30. The Kier molecular flexibility index (Phi) is 21.7. The van der Waals surface area contributed by atoms with Gasteiger partial charge in [0.05, 0.1) is 50.2 Å². The van der Waals surface area contributed by atoms with Crippen molar-refractivity contribution in [1.29, 1.82) is 0 Å². The molecule has 37 atom stereocenters. The van der Waals surface area contributed by atoms with E-state index >= 15 is 4.79 Å². The predicted molar refractivity (Wildman–Crippen MR) is 319 cm³/mol. The Morgan fingerprint density at radius 3 is 1.71 bits per heavy atom. The van der Waals surface area contributed by atoms with E-state index in [1.165, 1.54) is 19.4 Å². The molecule has 5 aliphatic carbocycles. The predicted octanol–water partition coefficient (Wildman–Crippen LogP) is -3.69. The van der Waals surface area contributed by atoms with Gasteiger partial charge in [-0.1, -0.05) is 60.1 Å². The minimum absolute atomic E-state index is 0.0952. The van der Waals surface area contributed by atoms with Crippen molar-refractivity contribution < 1.29 is 148 Å². The van der Waals surface area contributed by atoms with Crippen molar-refractivity contribution >= 4 is 5.97 Å². The number of ether oxygens (including phenoxy) is 12. The number of allylic oxidation sites excluding steroid dienone is 2. The quantitative estimate of drug-likeness (QED) is 0.0426. The summed E-state index contributed by atoms with van der Waals surface area (Å²) in [7, 11) is 0. The maximum Gasteiger partial charge on any atom is 0.315 e. The molecule has 30 heteroatoms. The van der Waals surface area contributed by atoms with E-state index in [0.717, 1.165) is 19.3 Å². The fourth-order valence-corrected chi connectivity index (χ4v) is 19.0. The molecule has 10 fully saturated rings. The smallest absolute Gasteiger partial charge is 0.315 e. The highest BCUT2D eigenvalue weighted by atomic mass is 16.8. The summed E-state index contributed by atoms with van der Waals surface area (Å²) in [5.74, 6) is -0.646. The van der Waals surface area contributed by atoms with Crippen molar-refractivity contribution in [3.8, 4) is 0 Å². The zero-order chi connectivity index (χ0) is 69.3. The van der Waals surface area contributed by atoms with Crippen molar-refractivity contribution in [2.75, 3.05) is 26.4 Å². The molecule has 0 aromatic rings. The van der Waals surface area contributed by atoms with Gasteiger partial charge in [0.25, 0.3) is 0 Å². The summed E-state index contributed by atoms with van der Waals surface area (Å²) >= 11 is 0. The van der Waals surface area contributed by atoms with Gasteiger partial charge in [0.15, 0.2) is 31.5 Å². The molecule has 1 unspecified atom stereocenters. The van der Waals surface area contributed by atoms with Gasteiger partial charge >= 0.3 is 5.97 Å². The van der Waals surface area contributed by atoms with Crippen molar-refractivity contribution in [2.45, 2.75) is 311 Å². The number of esters is 1. The van der Waals surface area contributed by atoms with Gasteiger partial charge in [0, 0.05) is 0 Å². The molecule has 0 aromatic heterocycles. The third-order valence-corrected chi connectivity index (χ3v) is 25.2. The van der Waals surface area contributed by atoms with Crippen LogP contribution in [0, 0.1) is 50.2 Å². The molecule has 0 bridgehead atoms. The summed E-state index contributed by atoms with van der Waals surface area (Å²) in [5.41, 5.74) is -1.49. The molecule has 6 heterocycles. The highest BCUT2D eigenvalue weighted by Crippen LogP contribution is 2.76. The average molecular weight is 1370 g/mol. The molecule has 0 aromatic carbocycles. The highest BCUT2D eigenvalue weighted by Gasteiger charge is 2.71. The van der Waals surface area contributed by atoms with E-state index in [2.05, 4.69) is 54.5 Å². The van der Waals surface area contributed by atoms with E-state index in [4.69, 9.17) is 56.8 Å². The SMILES string of the molecule is C[C@@H]1O[C@@H](O[C@H]2[C@H](O)[C@@H](O)[C@H](OC[C@H]3O[C@@H](OC(=O)[C@]45CCC(C)(C)C[C@@H]4C4=CC[C@@H]6[C@@]7(C)CC[C@H](O[C@@H]8OC[C@H](O)[C@H](O)[C@H]8O[C@@H]8O[C@@H](C)[C@H](O)[C@@H](O[C@@H]9O[C@H](CO)[C@@H](O)[C@H](O)[C@H]9O)[C@H]8O)C(C)(C)C7CC[C@@]6(C)[C@]4(C)CC5)[C@H](O)[C@@H](O)[C@@H]3O)O[C@@H]2CO)[C@H](O)[C@H](O)[C@H]1O. The highest BCUT2D eigenvalue weighted by molar-refractivity contribution is 5.79. The number of rotatable bonds is 15.